The summed E-state index contributed by atoms with van der Waals surface area (Å²) in [6.45, 7) is 3.03. The lowest BCUT2D eigenvalue weighted by Gasteiger charge is -2.23. The Morgan fingerprint density at radius 2 is 2.08 bits per heavy atom. The van der Waals surface area contributed by atoms with Crippen LogP contribution in [0.3, 0.4) is 0 Å². The first-order valence-corrected chi connectivity index (χ1v) is 9.42. The number of fused-ring (bicyclic) bond motifs is 1. The van der Waals surface area contributed by atoms with E-state index in [0.29, 0.717) is 0 Å². The zero-order valence-electron chi connectivity index (χ0n) is 15.3. The van der Waals surface area contributed by atoms with Gasteiger partial charge in [0.05, 0.1) is 17.1 Å². The number of para-hydroxylation sites is 2. The molecule has 0 radical (unpaired) electrons. The van der Waals surface area contributed by atoms with E-state index in [9.17, 15) is 4.79 Å². The van der Waals surface area contributed by atoms with Crippen LogP contribution in [-0.2, 0) is 16.1 Å². The van der Waals surface area contributed by atoms with Crippen molar-refractivity contribution in [2.75, 3.05) is 13.7 Å². The zero-order valence-corrected chi connectivity index (χ0v) is 15.3. The molecule has 1 unspecified atom stereocenters. The molecule has 25 heavy (non-hydrogen) atoms. The lowest BCUT2D eigenvalue weighted by atomic mass is 9.87. The molecule has 1 atom stereocenters. The van der Waals surface area contributed by atoms with Gasteiger partial charge in [0.1, 0.15) is 12.4 Å². The van der Waals surface area contributed by atoms with E-state index in [4.69, 9.17) is 9.72 Å². The number of methoxy groups -OCH3 is 1. The molecule has 1 heterocycles. The number of benzene rings is 1. The Labute approximate surface area is 149 Å². The molecule has 2 aromatic rings. The Bertz CT molecular complexity index is 704. The smallest absolute Gasteiger partial charge is 0.246 e. The van der Waals surface area contributed by atoms with E-state index in [-0.39, 0.29) is 18.6 Å². The van der Waals surface area contributed by atoms with Crippen LogP contribution in [0.5, 0.6) is 0 Å². The maximum Gasteiger partial charge on any atom is 0.246 e. The molecule has 5 heteroatoms. The maximum absolute atomic E-state index is 11.9. The van der Waals surface area contributed by atoms with Crippen LogP contribution in [0.4, 0.5) is 0 Å². The second kappa shape index (κ2) is 8.48. The van der Waals surface area contributed by atoms with Crippen molar-refractivity contribution in [2.45, 2.75) is 58.0 Å². The van der Waals surface area contributed by atoms with Gasteiger partial charge in [0, 0.05) is 13.7 Å². The van der Waals surface area contributed by atoms with Crippen molar-refractivity contribution in [2.24, 2.45) is 5.92 Å². The van der Waals surface area contributed by atoms with Gasteiger partial charge in [0.2, 0.25) is 5.91 Å². The molecule has 0 aliphatic heterocycles. The number of hydrogen-bond acceptors (Lipinski definition) is 3. The highest BCUT2D eigenvalue weighted by molar-refractivity contribution is 5.78. The molecule has 1 saturated carbocycles. The van der Waals surface area contributed by atoms with Crippen LogP contribution < -0.4 is 5.32 Å². The molecule has 1 fully saturated rings. The van der Waals surface area contributed by atoms with Crippen molar-refractivity contribution in [1.29, 1.82) is 0 Å². The predicted octanol–water partition coefficient (Wildman–Crippen LogP) is 3.83. The van der Waals surface area contributed by atoms with Crippen molar-refractivity contribution in [3.8, 4) is 0 Å². The van der Waals surface area contributed by atoms with Gasteiger partial charge >= 0.3 is 0 Å². The van der Waals surface area contributed by atoms with Crippen molar-refractivity contribution in [3.05, 3.63) is 30.1 Å². The minimum atomic E-state index is -0.138. The predicted molar refractivity (Wildman–Crippen MR) is 99.4 cm³/mol. The van der Waals surface area contributed by atoms with E-state index >= 15 is 0 Å². The van der Waals surface area contributed by atoms with Gasteiger partial charge in [0.25, 0.3) is 0 Å². The van der Waals surface area contributed by atoms with Crippen LogP contribution in [0, 0.1) is 5.92 Å². The van der Waals surface area contributed by atoms with Gasteiger partial charge in [-0.3, -0.25) is 4.79 Å². The fraction of sp³-hybridized carbons (Fsp3) is 0.600. The van der Waals surface area contributed by atoms with Gasteiger partial charge in [-0.1, -0.05) is 44.2 Å². The monoisotopic (exact) mass is 343 g/mol. The summed E-state index contributed by atoms with van der Waals surface area (Å²) < 4.78 is 7.21. The lowest BCUT2D eigenvalue weighted by Crippen LogP contribution is -2.31. The third-order valence-electron chi connectivity index (χ3n) is 5.21. The fourth-order valence-electron chi connectivity index (χ4n) is 3.93. The highest BCUT2D eigenvalue weighted by atomic mass is 16.5. The van der Waals surface area contributed by atoms with Gasteiger partial charge in [-0.15, -0.1) is 0 Å². The van der Waals surface area contributed by atoms with E-state index in [1.165, 1.54) is 45.6 Å². The van der Waals surface area contributed by atoms with Crippen LogP contribution in [0.25, 0.3) is 11.0 Å². The van der Waals surface area contributed by atoms with E-state index in [1.807, 2.05) is 19.1 Å². The molecule has 0 saturated heterocycles. The third kappa shape index (κ3) is 4.40. The molecule has 1 N–H and O–H groups in total. The summed E-state index contributed by atoms with van der Waals surface area (Å²) in [5, 5.41) is 2.99. The Morgan fingerprint density at radius 3 is 2.84 bits per heavy atom. The largest absolute Gasteiger partial charge is 0.375 e. The Morgan fingerprint density at radius 1 is 1.32 bits per heavy atom. The van der Waals surface area contributed by atoms with E-state index in [1.54, 1.807) is 0 Å². The van der Waals surface area contributed by atoms with Crippen LogP contribution in [0.1, 0.15) is 57.3 Å². The molecular formula is C20H29N3O2. The van der Waals surface area contributed by atoms with E-state index < -0.39 is 0 Å². The second-order valence-electron chi connectivity index (χ2n) is 7.13. The van der Waals surface area contributed by atoms with Crippen LogP contribution in [-0.4, -0.2) is 29.2 Å². The summed E-state index contributed by atoms with van der Waals surface area (Å²) in [6, 6.07) is 8.09. The second-order valence-corrected chi connectivity index (χ2v) is 7.13. The standard InChI is InChI=1S/C20H29N3O2/c1-15(21-19(24)14-25-2)20-22-17-10-6-7-11-18(17)23(20)13-12-16-8-4-3-5-9-16/h6-7,10-11,15-16H,3-5,8-9,12-14H2,1-2H3,(H,21,24). The van der Waals surface area contributed by atoms with E-state index in [0.717, 1.165) is 29.3 Å². The van der Waals surface area contributed by atoms with Crippen molar-refractivity contribution < 1.29 is 9.53 Å². The van der Waals surface area contributed by atoms with Gasteiger partial charge < -0.3 is 14.6 Å². The molecule has 5 nitrogen and oxygen atoms in total. The number of imidazole rings is 1. The molecule has 3 rings (SSSR count). The molecule has 1 aromatic carbocycles. The number of amides is 1. The number of aryl methyl sites for hydroxylation is 1. The van der Waals surface area contributed by atoms with Crippen molar-refractivity contribution >= 4 is 16.9 Å². The first-order chi connectivity index (χ1) is 12.2. The third-order valence-corrected chi connectivity index (χ3v) is 5.21. The highest BCUT2D eigenvalue weighted by Crippen LogP contribution is 2.28. The topological polar surface area (TPSA) is 56.1 Å². The van der Waals surface area contributed by atoms with E-state index in [2.05, 4.69) is 22.0 Å². The summed E-state index contributed by atoms with van der Waals surface area (Å²) in [4.78, 5) is 16.7. The van der Waals surface area contributed by atoms with Crippen LogP contribution in [0.15, 0.2) is 24.3 Å². The summed E-state index contributed by atoms with van der Waals surface area (Å²) in [7, 11) is 1.53. The SMILES string of the molecule is COCC(=O)NC(C)c1nc2ccccc2n1CCC1CCCCC1. The molecule has 1 aromatic heterocycles. The fourth-order valence-corrected chi connectivity index (χ4v) is 3.93. The molecule has 1 aliphatic carbocycles. The summed E-state index contributed by atoms with van der Waals surface area (Å²) >= 11 is 0. The number of nitrogens with zero attached hydrogens (tertiary/aromatic N) is 2. The summed E-state index contributed by atoms with van der Waals surface area (Å²) in [6.07, 6.45) is 8.01. The number of ether oxygens (including phenoxy) is 1. The summed E-state index contributed by atoms with van der Waals surface area (Å²) in [5.74, 6) is 1.64. The Hall–Kier alpha value is -1.88. The van der Waals surface area contributed by atoms with Crippen LogP contribution in [0.2, 0.25) is 0 Å². The number of carbonyl (C=O) groups is 1. The Balaban J connectivity index is 1.79. The summed E-state index contributed by atoms with van der Waals surface area (Å²) in [5.41, 5.74) is 2.15. The lowest BCUT2D eigenvalue weighted by molar-refractivity contribution is -0.125. The van der Waals surface area contributed by atoms with Gasteiger partial charge in [-0.2, -0.15) is 0 Å². The van der Waals surface area contributed by atoms with Crippen LogP contribution >= 0.6 is 0 Å². The first kappa shape index (κ1) is 17.9. The number of nitrogens with one attached hydrogen (secondary N) is 1. The number of rotatable bonds is 7. The molecule has 1 amide bonds. The number of carbonyl (C=O) groups excluding carboxylic acids is 1. The number of aromatic nitrogens is 2. The zero-order chi connectivity index (χ0) is 17.6. The minimum Gasteiger partial charge on any atom is -0.375 e. The Kier molecular flexibility index (Phi) is 6.08. The van der Waals surface area contributed by atoms with Crippen molar-refractivity contribution in [1.82, 2.24) is 14.9 Å². The molecule has 0 bridgehead atoms. The van der Waals surface area contributed by atoms with Crippen molar-refractivity contribution in [3.63, 3.8) is 0 Å². The average molecular weight is 343 g/mol. The first-order valence-electron chi connectivity index (χ1n) is 9.42. The quantitative estimate of drug-likeness (QED) is 0.831. The molecule has 136 valence electrons. The molecule has 1 aliphatic rings. The highest BCUT2D eigenvalue weighted by Gasteiger charge is 2.20. The molecular weight excluding hydrogens is 314 g/mol. The average Bonchev–Trinajstić information content (AvgIpc) is 3.00. The van der Waals surface area contributed by atoms with Gasteiger partial charge in [0.15, 0.2) is 0 Å². The normalized spacial score (nSPS) is 16.9. The molecule has 0 spiro atoms. The number of hydrogen-bond donors (Lipinski definition) is 1. The maximum atomic E-state index is 11.9. The van der Waals surface area contributed by atoms with Gasteiger partial charge in [-0.05, 0) is 31.4 Å². The van der Waals surface area contributed by atoms with Gasteiger partial charge in [-0.25, -0.2) is 4.98 Å². The minimum absolute atomic E-state index is 0.0760.